The fourth-order valence-electron chi connectivity index (χ4n) is 3.66. The Hall–Kier alpha value is -2.25. The van der Waals surface area contributed by atoms with Crippen molar-refractivity contribution in [1.82, 2.24) is 4.31 Å². The highest BCUT2D eigenvalue weighted by Crippen LogP contribution is 2.37. The summed E-state index contributed by atoms with van der Waals surface area (Å²) < 4.78 is 32.0. The molecule has 1 aromatic carbocycles. The van der Waals surface area contributed by atoms with Crippen LogP contribution in [0.15, 0.2) is 29.2 Å². The van der Waals surface area contributed by atoms with E-state index < -0.39 is 10.0 Å². The first-order chi connectivity index (χ1) is 14.0. The van der Waals surface area contributed by atoms with Crippen LogP contribution in [0, 0.1) is 11.3 Å². The average Bonchev–Trinajstić information content (AvgIpc) is 3.11. The van der Waals surface area contributed by atoms with E-state index in [1.165, 1.54) is 44.8 Å². The number of hydrogen-bond acceptors (Lipinski definition) is 6. The van der Waals surface area contributed by atoms with Gasteiger partial charge < -0.3 is 10.1 Å². The monoisotopic (exact) mass is 431 g/mol. The van der Waals surface area contributed by atoms with Crippen LogP contribution >= 0.6 is 11.3 Å². The topological polar surface area (TPSA) is 99.5 Å². The number of thiophene rings is 1. The molecule has 0 radical (unpaired) electrons. The Balaban J connectivity index is 1.52. The van der Waals surface area contributed by atoms with Gasteiger partial charge in [0.05, 0.1) is 23.7 Å². The minimum Gasteiger partial charge on any atom is -0.379 e. The molecule has 1 fully saturated rings. The number of sulfonamides is 1. The number of aryl methyl sites for hydroxylation is 1. The molecule has 0 atom stereocenters. The molecule has 152 valence electrons. The lowest BCUT2D eigenvalue weighted by molar-refractivity contribution is 0.0730. The van der Waals surface area contributed by atoms with E-state index in [1.807, 2.05) is 0 Å². The molecule has 1 aliphatic heterocycles. The molecule has 0 spiro atoms. The van der Waals surface area contributed by atoms with Crippen LogP contribution in [0.5, 0.6) is 0 Å². The predicted molar refractivity (Wildman–Crippen MR) is 110 cm³/mol. The molecular formula is C20H21N3O4S2. The van der Waals surface area contributed by atoms with E-state index in [-0.39, 0.29) is 10.8 Å². The third-order valence-corrected chi connectivity index (χ3v) is 8.35. The molecule has 29 heavy (non-hydrogen) atoms. The highest BCUT2D eigenvalue weighted by atomic mass is 32.2. The summed E-state index contributed by atoms with van der Waals surface area (Å²) in [6.45, 7) is 1.41. The van der Waals surface area contributed by atoms with Crippen molar-refractivity contribution in [3.05, 3.63) is 45.8 Å². The van der Waals surface area contributed by atoms with E-state index in [9.17, 15) is 18.5 Å². The van der Waals surface area contributed by atoms with Gasteiger partial charge in [-0.2, -0.15) is 9.57 Å². The largest absolute Gasteiger partial charge is 0.379 e. The second-order valence-corrected chi connectivity index (χ2v) is 10.1. The number of benzene rings is 1. The Labute approximate surface area is 174 Å². The number of anilines is 1. The summed E-state index contributed by atoms with van der Waals surface area (Å²) in [6.07, 6.45) is 3.98. The van der Waals surface area contributed by atoms with Gasteiger partial charge in [0.15, 0.2) is 0 Å². The second kappa shape index (κ2) is 8.24. The molecule has 7 nitrogen and oxygen atoms in total. The quantitative estimate of drug-likeness (QED) is 0.802. The minimum absolute atomic E-state index is 0.153. The maximum atomic E-state index is 12.7. The minimum atomic E-state index is -3.60. The first-order valence-corrected chi connectivity index (χ1v) is 11.8. The van der Waals surface area contributed by atoms with E-state index in [1.54, 1.807) is 0 Å². The number of morpholine rings is 1. The fraction of sp³-hybridized carbons (Fsp3) is 0.400. The van der Waals surface area contributed by atoms with Crippen LogP contribution in [0.4, 0.5) is 5.00 Å². The Morgan fingerprint density at radius 3 is 2.52 bits per heavy atom. The molecule has 2 aliphatic rings. The summed E-state index contributed by atoms with van der Waals surface area (Å²) in [5.74, 6) is -0.351. The van der Waals surface area contributed by atoms with Gasteiger partial charge in [-0.3, -0.25) is 4.79 Å². The van der Waals surface area contributed by atoms with E-state index in [0.717, 1.165) is 31.2 Å². The molecule has 2 aromatic rings. The van der Waals surface area contributed by atoms with Crippen molar-refractivity contribution in [2.75, 3.05) is 31.6 Å². The first-order valence-electron chi connectivity index (χ1n) is 9.54. The Bertz CT molecular complexity index is 1060. The second-order valence-electron chi connectivity index (χ2n) is 7.02. The smallest absolute Gasteiger partial charge is 0.256 e. The van der Waals surface area contributed by atoms with Crippen LogP contribution in [-0.2, 0) is 27.6 Å². The number of rotatable bonds is 4. The van der Waals surface area contributed by atoms with Crippen LogP contribution < -0.4 is 5.32 Å². The third-order valence-electron chi connectivity index (χ3n) is 5.23. The van der Waals surface area contributed by atoms with Gasteiger partial charge in [-0.1, -0.05) is 0 Å². The molecule has 1 N–H and O–H groups in total. The van der Waals surface area contributed by atoms with E-state index >= 15 is 0 Å². The van der Waals surface area contributed by atoms with E-state index in [4.69, 9.17) is 4.74 Å². The normalized spacial score (nSPS) is 17.3. The number of carbonyl (C=O) groups excluding carboxylic acids is 1. The van der Waals surface area contributed by atoms with Crippen molar-refractivity contribution in [3.63, 3.8) is 0 Å². The number of amides is 1. The van der Waals surface area contributed by atoms with Crippen molar-refractivity contribution < 1.29 is 17.9 Å². The molecule has 2 heterocycles. The molecule has 1 amide bonds. The lowest BCUT2D eigenvalue weighted by atomic mass is 9.96. The van der Waals surface area contributed by atoms with Gasteiger partial charge in [-0.25, -0.2) is 8.42 Å². The van der Waals surface area contributed by atoms with Gasteiger partial charge >= 0.3 is 0 Å². The number of nitriles is 1. The van der Waals surface area contributed by atoms with Crippen molar-refractivity contribution >= 4 is 32.3 Å². The number of nitrogens with one attached hydrogen (secondary N) is 1. The van der Waals surface area contributed by atoms with Crippen LogP contribution in [0.3, 0.4) is 0 Å². The molecule has 4 rings (SSSR count). The molecule has 1 aromatic heterocycles. The Kier molecular flexibility index (Phi) is 5.69. The number of carbonyl (C=O) groups is 1. The predicted octanol–water partition coefficient (Wildman–Crippen LogP) is 2.77. The SMILES string of the molecule is N#Cc1c(NC(=O)c2ccc(S(=O)(=O)N3CCOCC3)cc2)sc2c1CCCC2. The van der Waals surface area contributed by atoms with Gasteiger partial charge in [-0.15, -0.1) is 11.3 Å². The molecular weight excluding hydrogens is 410 g/mol. The summed E-state index contributed by atoms with van der Waals surface area (Å²) in [4.78, 5) is 14.0. The molecule has 1 saturated heterocycles. The molecule has 0 bridgehead atoms. The number of nitrogens with zero attached hydrogens (tertiary/aromatic N) is 2. The van der Waals surface area contributed by atoms with Gasteiger partial charge in [0.2, 0.25) is 10.0 Å². The van der Waals surface area contributed by atoms with Crippen LogP contribution in [-0.4, -0.2) is 44.9 Å². The fourth-order valence-corrected chi connectivity index (χ4v) is 6.30. The van der Waals surface area contributed by atoms with Crippen molar-refractivity contribution in [2.24, 2.45) is 0 Å². The highest BCUT2D eigenvalue weighted by Gasteiger charge is 2.27. The van der Waals surface area contributed by atoms with E-state index in [0.29, 0.717) is 42.4 Å². The standard InChI is InChI=1S/C20H21N3O4S2/c21-13-17-16-3-1-2-4-18(16)28-20(17)22-19(24)14-5-7-15(8-6-14)29(25,26)23-9-11-27-12-10-23/h5-8H,1-4,9-12H2,(H,22,24). The zero-order valence-electron chi connectivity index (χ0n) is 15.8. The zero-order chi connectivity index (χ0) is 20.4. The molecule has 0 saturated carbocycles. The van der Waals surface area contributed by atoms with Crippen molar-refractivity contribution in [3.8, 4) is 6.07 Å². The lowest BCUT2D eigenvalue weighted by Gasteiger charge is -2.26. The van der Waals surface area contributed by atoms with Crippen molar-refractivity contribution in [1.29, 1.82) is 5.26 Å². The van der Waals surface area contributed by atoms with Crippen LogP contribution in [0.2, 0.25) is 0 Å². The highest BCUT2D eigenvalue weighted by molar-refractivity contribution is 7.89. The summed E-state index contributed by atoms with van der Waals surface area (Å²) in [6, 6.07) is 8.13. The Morgan fingerprint density at radius 2 is 1.83 bits per heavy atom. The average molecular weight is 432 g/mol. The van der Waals surface area contributed by atoms with E-state index in [2.05, 4.69) is 11.4 Å². The lowest BCUT2D eigenvalue weighted by Crippen LogP contribution is -2.40. The zero-order valence-corrected chi connectivity index (χ0v) is 17.4. The third kappa shape index (κ3) is 3.94. The summed E-state index contributed by atoms with van der Waals surface area (Å²) in [7, 11) is -3.60. The van der Waals surface area contributed by atoms with Gasteiger partial charge in [0.1, 0.15) is 11.1 Å². The number of hydrogen-bond donors (Lipinski definition) is 1. The van der Waals surface area contributed by atoms with Crippen molar-refractivity contribution in [2.45, 2.75) is 30.6 Å². The maximum absolute atomic E-state index is 12.7. The molecule has 0 unspecified atom stereocenters. The first kappa shape index (κ1) is 20.0. The molecule has 1 aliphatic carbocycles. The Morgan fingerprint density at radius 1 is 1.14 bits per heavy atom. The maximum Gasteiger partial charge on any atom is 0.256 e. The summed E-state index contributed by atoms with van der Waals surface area (Å²) >= 11 is 1.47. The number of ether oxygens (including phenoxy) is 1. The van der Waals surface area contributed by atoms with Gasteiger partial charge in [0.25, 0.3) is 5.91 Å². The van der Waals surface area contributed by atoms with Crippen LogP contribution in [0.25, 0.3) is 0 Å². The van der Waals surface area contributed by atoms with Gasteiger partial charge in [0, 0.05) is 23.5 Å². The van der Waals surface area contributed by atoms with Crippen LogP contribution in [0.1, 0.15) is 39.2 Å². The summed E-state index contributed by atoms with van der Waals surface area (Å²) in [5, 5.41) is 12.9. The molecule has 9 heteroatoms. The van der Waals surface area contributed by atoms with Gasteiger partial charge in [-0.05, 0) is 55.5 Å². The number of fused-ring (bicyclic) bond motifs is 1. The summed E-state index contributed by atoms with van der Waals surface area (Å²) in [5.41, 5.74) is 1.97.